The van der Waals surface area contributed by atoms with Gasteiger partial charge in [-0.05, 0) is 30.3 Å². The third kappa shape index (κ3) is 4.71. The smallest absolute Gasteiger partial charge is 0.269 e. The molecule has 2 N–H and O–H groups in total. The molecule has 0 saturated heterocycles. The zero-order chi connectivity index (χ0) is 17.5. The molecule has 2 rings (SSSR count). The van der Waals surface area contributed by atoms with Gasteiger partial charge >= 0.3 is 0 Å². The highest BCUT2D eigenvalue weighted by atomic mass is 35.5. The lowest BCUT2D eigenvalue weighted by molar-refractivity contribution is -0.117. The molecule has 2 amide bonds. The van der Waals surface area contributed by atoms with Gasteiger partial charge in [0.2, 0.25) is 0 Å². The first-order chi connectivity index (χ1) is 11.5. The Kier molecular flexibility index (Phi) is 6.17. The first-order valence-electron chi connectivity index (χ1n) is 6.72. The second-order valence-electron chi connectivity index (χ2n) is 4.52. The van der Waals surface area contributed by atoms with Crippen LogP contribution < -0.4 is 15.6 Å². The minimum Gasteiger partial charge on any atom is -0.495 e. The Bertz CT molecular complexity index is 780. The van der Waals surface area contributed by atoms with E-state index < -0.39 is 11.8 Å². The Morgan fingerprint density at radius 1 is 1.17 bits per heavy atom. The summed E-state index contributed by atoms with van der Waals surface area (Å²) in [6.07, 6.45) is 5.65. The van der Waals surface area contributed by atoms with Crippen molar-refractivity contribution >= 4 is 41.1 Å². The number of hydrogen-bond acceptors (Lipinski definition) is 4. The van der Waals surface area contributed by atoms with Crippen molar-refractivity contribution in [2.75, 3.05) is 7.11 Å². The number of carbonyl (C=O) groups is 2. The van der Waals surface area contributed by atoms with E-state index in [-0.39, 0.29) is 0 Å². The first-order valence-corrected chi connectivity index (χ1v) is 7.48. The Hall–Kier alpha value is -2.57. The number of hydrogen-bond donors (Lipinski definition) is 2. The van der Waals surface area contributed by atoms with E-state index in [0.717, 1.165) is 0 Å². The van der Waals surface area contributed by atoms with Gasteiger partial charge in [-0.1, -0.05) is 23.2 Å². The minimum atomic E-state index is -0.532. The van der Waals surface area contributed by atoms with Gasteiger partial charge in [0.25, 0.3) is 11.8 Å². The molecule has 0 saturated carbocycles. The number of benzene rings is 1. The average molecular weight is 366 g/mol. The second-order valence-corrected chi connectivity index (χ2v) is 5.37. The van der Waals surface area contributed by atoms with Crippen LogP contribution in [0.1, 0.15) is 15.9 Å². The van der Waals surface area contributed by atoms with E-state index in [1.165, 1.54) is 49.9 Å². The number of ether oxygens (including phenoxy) is 1. The van der Waals surface area contributed by atoms with E-state index in [4.69, 9.17) is 27.9 Å². The van der Waals surface area contributed by atoms with Crippen LogP contribution in [-0.2, 0) is 4.79 Å². The number of nitrogens with zero attached hydrogens (tertiary/aromatic N) is 1. The second kappa shape index (κ2) is 8.33. The van der Waals surface area contributed by atoms with E-state index in [2.05, 4.69) is 15.8 Å². The highest BCUT2D eigenvalue weighted by Gasteiger charge is 2.08. The summed E-state index contributed by atoms with van der Waals surface area (Å²) in [5.74, 6) is -0.593. The molecule has 0 aliphatic rings. The molecular formula is C16H13Cl2N3O3. The fraction of sp³-hybridized carbons (Fsp3) is 0.0625. The fourth-order valence-electron chi connectivity index (χ4n) is 1.82. The largest absolute Gasteiger partial charge is 0.495 e. The van der Waals surface area contributed by atoms with Crippen molar-refractivity contribution in [1.82, 2.24) is 15.8 Å². The van der Waals surface area contributed by atoms with Gasteiger partial charge in [0, 0.05) is 34.6 Å². The molecule has 124 valence electrons. The molecule has 0 radical (unpaired) electrons. The molecular weight excluding hydrogens is 353 g/mol. The Morgan fingerprint density at radius 3 is 2.54 bits per heavy atom. The summed E-state index contributed by atoms with van der Waals surface area (Å²) in [6.45, 7) is 0. The van der Waals surface area contributed by atoms with Gasteiger partial charge in [0.15, 0.2) is 0 Å². The van der Waals surface area contributed by atoms with Crippen LogP contribution >= 0.6 is 23.2 Å². The highest BCUT2D eigenvalue weighted by Crippen LogP contribution is 2.32. The topological polar surface area (TPSA) is 80.3 Å². The summed E-state index contributed by atoms with van der Waals surface area (Å²) >= 11 is 11.9. The van der Waals surface area contributed by atoms with Crippen molar-refractivity contribution in [1.29, 1.82) is 0 Å². The van der Waals surface area contributed by atoms with E-state index in [1.807, 2.05) is 0 Å². The number of aromatic nitrogens is 1. The number of hydrazine groups is 1. The molecule has 0 fully saturated rings. The third-order valence-corrected chi connectivity index (χ3v) is 3.40. The molecule has 6 nitrogen and oxygen atoms in total. The number of halogens is 2. The van der Waals surface area contributed by atoms with Crippen molar-refractivity contribution in [2.45, 2.75) is 0 Å². The summed E-state index contributed by atoms with van der Waals surface area (Å²) < 4.78 is 5.17. The molecule has 8 heteroatoms. The number of amides is 2. The molecule has 0 atom stereocenters. The minimum absolute atomic E-state index is 0.330. The van der Waals surface area contributed by atoms with Gasteiger partial charge < -0.3 is 4.74 Å². The number of carbonyl (C=O) groups excluding carboxylic acids is 2. The molecule has 0 unspecified atom stereocenters. The van der Waals surface area contributed by atoms with Crippen LogP contribution in [-0.4, -0.2) is 23.9 Å². The van der Waals surface area contributed by atoms with E-state index in [9.17, 15) is 9.59 Å². The van der Waals surface area contributed by atoms with Gasteiger partial charge in [-0.25, -0.2) is 0 Å². The van der Waals surface area contributed by atoms with Crippen molar-refractivity contribution < 1.29 is 14.3 Å². The molecule has 0 aliphatic carbocycles. The van der Waals surface area contributed by atoms with Gasteiger partial charge in [-0.15, -0.1) is 0 Å². The van der Waals surface area contributed by atoms with Crippen LogP contribution in [0.25, 0.3) is 6.08 Å². The number of rotatable bonds is 4. The molecule has 1 aromatic carbocycles. The summed E-state index contributed by atoms with van der Waals surface area (Å²) in [4.78, 5) is 27.4. The van der Waals surface area contributed by atoms with Crippen LogP contribution in [0.15, 0.2) is 42.7 Å². The monoisotopic (exact) mass is 365 g/mol. The number of pyridine rings is 1. The van der Waals surface area contributed by atoms with Gasteiger partial charge in [-0.2, -0.15) is 0 Å². The zero-order valence-corrected chi connectivity index (χ0v) is 14.1. The van der Waals surface area contributed by atoms with Crippen LogP contribution in [0.3, 0.4) is 0 Å². The maximum Gasteiger partial charge on any atom is 0.269 e. The lowest BCUT2D eigenvalue weighted by atomic mass is 10.2. The maximum absolute atomic E-state index is 11.8. The molecule has 2 aromatic rings. The van der Waals surface area contributed by atoms with Crippen molar-refractivity contribution in [3.05, 3.63) is 63.9 Å². The Balaban J connectivity index is 2.00. The van der Waals surface area contributed by atoms with Crippen molar-refractivity contribution in [2.24, 2.45) is 0 Å². The maximum atomic E-state index is 11.8. The molecule has 1 aromatic heterocycles. The Labute approximate surface area is 148 Å². The molecule has 24 heavy (non-hydrogen) atoms. The summed E-state index contributed by atoms with van der Waals surface area (Å²) in [6, 6.07) is 6.19. The highest BCUT2D eigenvalue weighted by molar-refractivity contribution is 6.36. The van der Waals surface area contributed by atoms with Crippen molar-refractivity contribution in [3.63, 3.8) is 0 Å². The number of nitrogens with one attached hydrogen (secondary N) is 2. The molecule has 0 bridgehead atoms. The lowest BCUT2D eigenvalue weighted by Gasteiger charge is -2.08. The SMILES string of the molecule is COc1c(Cl)cc(Cl)cc1/C=C/C(=O)NNC(=O)c1ccncc1. The van der Waals surface area contributed by atoms with Crippen LogP contribution in [0.5, 0.6) is 5.75 Å². The van der Waals surface area contributed by atoms with Crippen LogP contribution in [0.4, 0.5) is 0 Å². The Morgan fingerprint density at radius 2 is 1.88 bits per heavy atom. The summed E-state index contributed by atoms with van der Waals surface area (Å²) in [5, 5.41) is 0.739. The van der Waals surface area contributed by atoms with Gasteiger partial charge in [0.1, 0.15) is 5.75 Å². The zero-order valence-electron chi connectivity index (χ0n) is 12.5. The third-order valence-electron chi connectivity index (χ3n) is 2.90. The van der Waals surface area contributed by atoms with E-state index >= 15 is 0 Å². The van der Waals surface area contributed by atoms with Gasteiger partial charge in [0.05, 0.1) is 12.1 Å². The average Bonchev–Trinajstić information content (AvgIpc) is 2.58. The number of methoxy groups -OCH3 is 1. The predicted octanol–water partition coefficient (Wildman–Crippen LogP) is 2.87. The van der Waals surface area contributed by atoms with E-state index in [0.29, 0.717) is 26.9 Å². The van der Waals surface area contributed by atoms with Gasteiger partial charge in [-0.3, -0.25) is 25.4 Å². The first kappa shape index (κ1) is 17.8. The molecule has 0 aliphatic heterocycles. The molecule has 1 heterocycles. The lowest BCUT2D eigenvalue weighted by Crippen LogP contribution is -2.40. The predicted molar refractivity (Wildman–Crippen MR) is 91.9 cm³/mol. The van der Waals surface area contributed by atoms with Crippen molar-refractivity contribution in [3.8, 4) is 5.75 Å². The van der Waals surface area contributed by atoms with Crippen LogP contribution in [0.2, 0.25) is 10.0 Å². The normalized spacial score (nSPS) is 10.5. The fourth-order valence-corrected chi connectivity index (χ4v) is 2.41. The summed E-state index contributed by atoms with van der Waals surface area (Å²) in [7, 11) is 1.46. The standard InChI is InChI=1S/C16H13Cl2N3O3/c1-24-15-11(8-12(17)9-13(15)18)2-3-14(22)20-21-16(23)10-4-6-19-7-5-10/h2-9H,1H3,(H,20,22)(H,21,23)/b3-2+. The summed E-state index contributed by atoms with van der Waals surface area (Å²) in [5.41, 5.74) is 5.46. The van der Waals surface area contributed by atoms with E-state index in [1.54, 1.807) is 6.07 Å². The molecule has 0 spiro atoms. The van der Waals surface area contributed by atoms with Crippen LogP contribution in [0, 0.1) is 0 Å². The quantitative estimate of drug-likeness (QED) is 0.644.